The molecule has 0 aliphatic rings. The maximum atomic E-state index is 6.07. The van der Waals surface area contributed by atoms with E-state index in [1.54, 1.807) is 6.20 Å². The highest BCUT2D eigenvalue weighted by Gasteiger charge is 2.11. The number of halogens is 1. The Morgan fingerprint density at radius 2 is 2.12 bits per heavy atom. The maximum absolute atomic E-state index is 6.07. The summed E-state index contributed by atoms with van der Waals surface area (Å²) < 4.78 is 5.75. The molecule has 1 heterocycles. The smallest absolute Gasteiger partial charge is 0.213 e. The summed E-state index contributed by atoms with van der Waals surface area (Å²) in [5, 5.41) is 3.92. The molecule has 1 aromatic rings. The van der Waals surface area contributed by atoms with E-state index in [9.17, 15) is 0 Å². The van der Waals surface area contributed by atoms with Crippen LogP contribution in [0.3, 0.4) is 0 Å². The van der Waals surface area contributed by atoms with Crippen molar-refractivity contribution in [1.82, 2.24) is 10.3 Å². The maximum Gasteiger partial charge on any atom is 0.213 e. The van der Waals surface area contributed by atoms with Crippen LogP contribution in [0.15, 0.2) is 12.3 Å². The first-order valence-electron chi connectivity index (χ1n) is 6.06. The molecule has 1 atom stereocenters. The molecular formula is C13H21ClN2O. The first-order chi connectivity index (χ1) is 8.04. The Labute approximate surface area is 109 Å². The van der Waals surface area contributed by atoms with Crippen LogP contribution in [0.25, 0.3) is 0 Å². The average molecular weight is 257 g/mol. The van der Waals surface area contributed by atoms with Gasteiger partial charge in [0.25, 0.3) is 0 Å². The van der Waals surface area contributed by atoms with Crippen molar-refractivity contribution in [3.63, 3.8) is 0 Å². The standard InChI is InChI=1S/C13H21ClN2O/c1-5-15-7-11-6-13(16-8-12(11)14)17-10(4)9(2)3/h6,8-10,15H,5,7H2,1-4H3. The lowest BCUT2D eigenvalue weighted by Gasteiger charge is -2.17. The molecule has 0 aromatic carbocycles. The fourth-order valence-electron chi connectivity index (χ4n) is 1.24. The number of hydrogen-bond donors (Lipinski definition) is 1. The summed E-state index contributed by atoms with van der Waals surface area (Å²) in [6.45, 7) is 10.0. The van der Waals surface area contributed by atoms with Crippen molar-refractivity contribution >= 4 is 11.6 Å². The minimum atomic E-state index is 0.149. The number of ether oxygens (including phenoxy) is 1. The quantitative estimate of drug-likeness (QED) is 0.848. The summed E-state index contributed by atoms with van der Waals surface area (Å²) in [5.74, 6) is 1.10. The van der Waals surface area contributed by atoms with E-state index in [-0.39, 0.29) is 6.10 Å². The van der Waals surface area contributed by atoms with Crippen molar-refractivity contribution in [3.8, 4) is 5.88 Å². The van der Waals surface area contributed by atoms with Crippen LogP contribution < -0.4 is 10.1 Å². The largest absolute Gasteiger partial charge is 0.474 e. The van der Waals surface area contributed by atoms with Crippen molar-refractivity contribution in [1.29, 1.82) is 0 Å². The van der Waals surface area contributed by atoms with Crippen LogP contribution in [0.1, 0.15) is 33.3 Å². The molecule has 0 saturated carbocycles. The van der Waals surface area contributed by atoms with Gasteiger partial charge < -0.3 is 10.1 Å². The van der Waals surface area contributed by atoms with E-state index < -0.39 is 0 Å². The lowest BCUT2D eigenvalue weighted by molar-refractivity contribution is 0.163. The third-order valence-corrected chi connectivity index (χ3v) is 3.06. The molecule has 1 N–H and O–H groups in total. The fraction of sp³-hybridized carbons (Fsp3) is 0.615. The molecule has 3 nitrogen and oxygen atoms in total. The Hall–Kier alpha value is -0.800. The van der Waals surface area contributed by atoms with Gasteiger partial charge in [0.05, 0.1) is 11.1 Å². The van der Waals surface area contributed by atoms with Crippen LogP contribution in [-0.2, 0) is 6.54 Å². The van der Waals surface area contributed by atoms with E-state index in [0.29, 0.717) is 16.8 Å². The normalized spacial score (nSPS) is 12.8. The zero-order valence-electron chi connectivity index (χ0n) is 11.0. The molecule has 0 fully saturated rings. The van der Waals surface area contributed by atoms with Gasteiger partial charge in [0.15, 0.2) is 0 Å². The highest BCUT2D eigenvalue weighted by molar-refractivity contribution is 6.31. The van der Waals surface area contributed by atoms with E-state index in [0.717, 1.165) is 18.7 Å². The average Bonchev–Trinajstić information content (AvgIpc) is 2.29. The van der Waals surface area contributed by atoms with E-state index in [1.807, 2.05) is 13.0 Å². The zero-order valence-corrected chi connectivity index (χ0v) is 11.7. The minimum absolute atomic E-state index is 0.149. The van der Waals surface area contributed by atoms with Crippen LogP contribution in [-0.4, -0.2) is 17.6 Å². The summed E-state index contributed by atoms with van der Waals surface area (Å²) in [4.78, 5) is 4.19. The van der Waals surface area contributed by atoms with Crippen LogP contribution in [0.4, 0.5) is 0 Å². The van der Waals surface area contributed by atoms with Crippen molar-refractivity contribution in [2.45, 2.75) is 40.3 Å². The SMILES string of the molecule is CCNCc1cc(OC(C)C(C)C)ncc1Cl. The zero-order chi connectivity index (χ0) is 12.8. The predicted octanol–water partition coefficient (Wildman–Crippen LogP) is 3.27. The summed E-state index contributed by atoms with van der Waals surface area (Å²) >= 11 is 6.07. The summed E-state index contributed by atoms with van der Waals surface area (Å²) in [7, 11) is 0. The lowest BCUT2D eigenvalue weighted by Crippen LogP contribution is -2.19. The monoisotopic (exact) mass is 256 g/mol. The molecule has 1 rings (SSSR count). The molecule has 0 bridgehead atoms. The number of hydrogen-bond acceptors (Lipinski definition) is 3. The van der Waals surface area contributed by atoms with Gasteiger partial charge in [-0.05, 0) is 24.9 Å². The molecule has 1 unspecified atom stereocenters. The second kappa shape index (κ2) is 6.82. The summed E-state index contributed by atoms with van der Waals surface area (Å²) in [5.41, 5.74) is 1.02. The molecular weight excluding hydrogens is 236 g/mol. The number of pyridine rings is 1. The molecule has 0 spiro atoms. The number of nitrogens with one attached hydrogen (secondary N) is 1. The summed E-state index contributed by atoms with van der Waals surface area (Å²) in [6.07, 6.45) is 1.80. The molecule has 0 amide bonds. The van der Waals surface area contributed by atoms with Gasteiger partial charge in [-0.1, -0.05) is 32.4 Å². The van der Waals surface area contributed by atoms with E-state index in [1.165, 1.54) is 0 Å². The topological polar surface area (TPSA) is 34.1 Å². The third kappa shape index (κ3) is 4.52. The van der Waals surface area contributed by atoms with Gasteiger partial charge >= 0.3 is 0 Å². The highest BCUT2D eigenvalue weighted by atomic mass is 35.5. The molecule has 0 saturated heterocycles. The molecule has 96 valence electrons. The first-order valence-corrected chi connectivity index (χ1v) is 6.44. The molecule has 17 heavy (non-hydrogen) atoms. The van der Waals surface area contributed by atoms with Gasteiger partial charge in [-0.25, -0.2) is 4.98 Å². The Balaban J connectivity index is 2.74. The third-order valence-electron chi connectivity index (χ3n) is 2.72. The Morgan fingerprint density at radius 3 is 2.71 bits per heavy atom. The second-order valence-electron chi connectivity index (χ2n) is 4.46. The highest BCUT2D eigenvalue weighted by Crippen LogP contribution is 2.21. The van der Waals surface area contributed by atoms with Gasteiger partial charge in [-0.3, -0.25) is 0 Å². The van der Waals surface area contributed by atoms with Crippen molar-refractivity contribution in [3.05, 3.63) is 22.8 Å². The summed E-state index contributed by atoms with van der Waals surface area (Å²) in [6, 6.07) is 1.91. The Morgan fingerprint density at radius 1 is 1.41 bits per heavy atom. The molecule has 0 aliphatic carbocycles. The molecule has 0 aliphatic heterocycles. The second-order valence-corrected chi connectivity index (χ2v) is 4.87. The fourth-order valence-corrected chi connectivity index (χ4v) is 1.41. The Bertz CT molecular complexity index is 355. The molecule has 4 heteroatoms. The van der Waals surface area contributed by atoms with Gasteiger partial charge in [0, 0.05) is 18.8 Å². The van der Waals surface area contributed by atoms with E-state index in [2.05, 4.69) is 31.1 Å². The van der Waals surface area contributed by atoms with E-state index >= 15 is 0 Å². The van der Waals surface area contributed by atoms with Crippen LogP contribution >= 0.6 is 11.6 Å². The molecule has 1 aromatic heterocycles. The van der Waals surface area contributed by atoms with Gasteiger partial charge in [0.1, 0.15) is 0 Å². The number of nitrogens with zero attached hydrogens (tertiary/aromatic N) is 1. The number of aromatic nitrogens is 1. The predicted molar refractivity (Wildman–Crippen MR) is 71.6 cm³/mol. The first kappa shape index (κ1) is 14.3. The van der Waals surface area contributed by atoms with E-state index in [4.69, 9.17) is 16.3 Å². The van der Waals surface area contributed by atoms with Crippen LogP contribution in [0.5, 0.6) is 5.88 Å². The van der Waals surface area contributed by atoms with Crippen molar-refractivity contribution in [2.24, 2.45) is 5.92 Å². The minimum Gasteiger partial charge on any atom is -0.474 e. The van der Waals surface area contributed by atoms with Crippen LogP contribution in [0.2, 0.25) is 5.02 Å². The van der Waals surface area contributed by atoms with Crippen molar-refractivity contribution in [2.75, 3.05) is 6.54 Å². The van der Waals surface area contributed by atoms with Gasteiger partial charge in [-0.2, -0.15) is 0 Å². The van der Waals surface area contributed by atoms with Gasteiger partial charge in [-0.15, -0.1) is 0 Å². The number of rotatable bonds is 6. The lowest BCUT2D eigenvalue weighted by atomic mass is 10.1. The van der Waals surface area contributed by atoms with Crippen molar-refractivity contribution < 1.29 is 4.74 Å². The van der Waals surface area contributed by atoms with Crippen LogP contribution in [0, 0.1) is 5.92 Å². The Kier molecular flexibility index (Phi) is 5.72. The molecule has 0 radical (unpaired) electrons. The van der Waals surface area contributed by atoms with Gasteiger partial charge in [0.2, 0.25) is 5.88 Å².